The number of benzene rings is 2. The number of nitrogens with one attached hydrogen (secondary N) is 1. The highest BCUT2D eigenvalue weighted by atomic mass is 32.2. The summed E-state index contributed by atoms with van der Waals surface area (Å²) in [5.41, 5.74) is 1.78. The number of hydrogen-bond acceptors (Lipinski definition) is 6. The topological polar surface area (TPSA) is 107 Å². The van der Waals surface area contributed by atoms with Crippen LogP contribution in [0.3, 0.4) is 0 Å². The van der Waals surface area contributed by atoms with E-state index in [9.17, 15) is 22.8 Å². The Morgan fingerprint density at radius 3 is 2.14 bits per heavy atom. The quantitative estimate of drug-likeness (QED) is 0.523. The van der Waals surface area contributed by atoms with Crippen molar-refractivity contribution in [1.82, 2.24) is 0 Å². The van der Waals surface area contributed by atoms with Gasteiger partial charge in [-0.3, -0.25) is 14.4 Å². The van der Waals surface area contributed by atoms with Crippen LogP contribution in [0.5, 0.6) is 0 Å². The van der Waals surface area contributed by atoms with Gasteiger partial charge in [-0.25, -0.2) is 8.42 Å². The Hall–Kier alpha value is -3.00. The lowest BCUT2D eigenvalue weighted by Gasteiger charge is -2.13. The number of anilines is 1. The van der Waals surface area contributed by atoms with Crippen LogP contribution in [0.25, 0.3) is 0 Å². The minimum Gasteiger partial charge on any atom is -0.454 e. The number of carbonyl (C=O) groups excluding carboxylic acids is 3. The van der Waals surface area contributed by atoms with Crippen molar-refractivity contribution in [1.29, 1.82) is 0 Å². The Morgan fingerprint density at radius 2 is 1.59 bits per heavy atom. The molecule has 2 aromatic rings. The number of amides is 1. The summed E-state index contributed by atoms with van der Waals surface area (Å²) in [5.74, 6) is -1.82. The molecule has 1 amide bonds. The Morgan fingerprint density at radius 1 is 1.00 bits per heavy atom. The first-order valence-corrected chi connectivity index (χ1v) is 10.6. The summed E-state index contributed by atoms with van der Waals surface area (Å²) in [5, 5.41) is 2.59. The standard InChI is InChI=1S/C21H23NO6S/c1-14-4-10-19(11-5-14)29(26,27)13-12-20(24)28-15(2)21(25)17-6-8-18(9-7-17)22-16(3)23/h4-11,15H,12-13H2,1-3H3,(H,22,23). The van der Waals surface area contributed by atoms with E-state index >= 15 is 0 Å². The number of carbonyl (C=O) groups is 3. The van der Waals surface area contributed by atoms with Crippen LogP contribution >= 0.6 is 0 Å². The maximum Gasteiger partial charge on any atom is 0.307 e. The van der Waals surface area contributed by atoms with E-state index in [2.05, 4.69) is 5.32 Å². The molecule has 0 aliphatic carbocycles. The second-order valence-electron chi connectivity index (χ2n) is 6.64. The van der Waals surface area contributed by atoms with Crippen molar-refractivity contribution in [2.24, 2.45) is 0 Å². The molecule has 1 unspecified atom stereocenters. The van der Waals surface area contributed by atoms with E-state index in [0.29, 0.717) is 11.3 Å². The van der Waals surface area contributed by atoms with E-state index in [1.54, 1.807) is 24.3 Å². The highest BCUT2D eigenvalue weighted by Crippen LogP contribution is 2.15. The lowest BCUT2D eigenvalue weighted by molar-refractivity contribution is -0.145. The molecule has 0 bridgehead atoms. The number of hydrogen-bond donors (Lipinski definition) is 1. The van der Waals surface area contributed by atoms with Crippen LogP contribution in [0.4, 0.5) is 5.69 Å². The van der Waals surface area contributed by atoms with Crippen LogP contribution in [-0.4, -0.2) is 37.9 Å². The van der Waals surface area contributed by atoms with E-state index in [4.69, 9.17) is 4.74 Å². The summed E-state index contributed by atoms with van der Waals surface area (Å²) >= 11 is 0. The summed E-state index contributed by atoms with van der Waals surface area (Å²) < 4.78 is 29.7. The summed E-state index contributed by atoms with van der Waals surface area (Å²) in [6.07, 6.45) is -1.41. The third kappa shape index (κ3) is 6.53. The molecule has 0 saturated carbocycles. The number of ketones is 1. The minimum absolute atomic E-state index is 0.138. The van der Waals surface area contributed by atoms with E-state index < -0.39 is 33.4 Å². The number of aryl methyl sites for hydroxylation is 1. The van der Waals surface area contributed by atoms with Gasteiger partial charge >= 0.3 is 5.97 Å². The molecule has 0 heterocycles. The number of ether oxygens (including phenoxy) is 1. The lowest BCUT2D eigenvalue weighted by atomic mass is 10.1. The van der Waals surface area contributed by atoms with Gasteiger partial charge in [0, 0.05) is 18.2 Å². The molecule has 0 saturated heterocycles. The average Bonchev–Trinajstić information content (AvgIpc) is 2.66. The summed E-state index contributed by atoms with van der Waals surface area (Å²) in [7, 11) is -3.62. The third-order valence-electron chi connectivity index (χ3n) is 4.12. The molecule has 29 heavy (non-hydrogen) atoms. The molecule has 154 valence electrons. The van der Waals surface area contributed by atoms with Gasteiger partial charge in [-0.2, -0.15) is 0 Å². The van der Waals surface area contributed by atoms with Crippen LogP contribution in [0.1, 0.15) is 36.2 Å². The molecule has 2 rings (SSSR count). The molecular formula is C21H23NO6S. The van der Waals surface area contributed by atoms with Gasteiger partial charge in [0.1, 0.15) is 0 Å². The van der Waals surface area contributed by atoms with Gasteiger partial charge in [0.05, 0.1) is 17.1 Å². The van der Waals surface area contributed by atoms with Gasteiger partial charge in [-0.1, -0.05) is 17.7 Å². The van der Waals surface area contributed by atoms with Crippen molar-refractivity contribution in [3.05, 3.63) is 59.7 Å². The first-order chi connectivity index (χ1) is 13.6. The number of rotatable bonds is 8. The van der Waals surface area contributed by atoms with Crippen molar-refractivity contribution >= 4 is 33.2 Å². The molecule has 8 heteroatoms. The molecule has 0 radical (unpaired) electrons. The zero-order chi connectivity index (χ0) is 21.6. The van der Waals surface area contributed by atoms with Crippen LogP contribution in [0, 0.1) is 6.92 Å². The average molecular weight is 417 g/mol. The Balaban J connectivity index is 1.91. The predicted molar refractivity (Wildman–Crippen MR) is 108 cm³/mol. The van der Waals surface area contributed by atoms with E-state index in [1.165, 1.54) is 38.1 Å². The fourth-order valence-electron chi connectivity index (χ4n) is 2.55. The zero-order valence-corrected chi connectivity index (χ0v) is 17.3. The van der Waals surface area contributed by atoms with E-state index in [1.807, 2.05) is 6.92 Å². The largest absolute Gasteiger partial charge is 0.454 e. The minimum atomic E-state index is -3.62. The summed E-state index contributed by atoms with van der Waals surface area (Å²) in [6, 6.07) is 12.5. The second-order valence-corrected chi connectivity index (χ2v) is 8.75. The molecule has 0 spiro atoms. The fraction of sp³-hybridized carbons (Fsp3) is 0.286. The second kappa shape index (κ2) is 9.47. The summed E-state index contributed by atoms with van der Waals surface area (Å²) in [6.45, 7) is 4.65. The van der Waals surface area contributed by atoms with Crippen molar-refractivity contribution in [3.63, 3.8) is 0 Å². The van der Waals surface area contributed by atoms with Gasteiger partial charge < -0.3 is 10.1 Å². The highest BCUT2D eigenvalue weighted by molar-refractivity contribution is 7.91. The van der Waals surface area contributed by atoms with Gasteiger partial charge in [-0.05, 0) is 50.2 Å². The molecule has 0 fully saturated rings. The summed E-state index contributed by atoms with van der Waals surface area (Å²) in [4.78, 5) is 35.6. The smallest absolute Gasteiger partial charge is 0.307 e. The van der Waals surface area contributed by atoms with E-state index in [-0.39, 0.29) is 17.2 Å². The molecule has 0 aromatic heterocycles. The Bertz CT molecular complexity index is 994. The highest BCUT2D eigenvalue weighted by Gasteiger charge is 2.22. The SMILES string of the molecule is CC(=O)Nc1ccc(C(=O)C(C)OC(=O)CCS(=O)(=O)c2ccc(C)cc2)cc1. The third-order valence-corrected chi connectivity index (χ3v) is 5.85. The monoisotopic (exact) mass is 417 g/mol. The van der Waals surface area contributed by atoms with Crippen LogP contribution in [0.2, 0.25) is 0 Å². The van der Waals surface area contributed by atoms with Crippen LogP contribution in [-0.2, 0) is 24.2 Å². The van der Waals surface area contributed by atoms with Gasteiger partial charge in [0.15, 0.2) is 15.9 Å². The predicted octanol–water partition coefficient (Wildman–Crippen LogP) is 2.93. The first kappa shape index (κ1) is 22.3. The molecule has 1 N–H and O–H groups in total. The molecule has 7 nitrogen and oxygen atoms in total. The van der Waals surface area contributed by atoms with Gasteiger partial charge in [0.2, 0.25) is 11.7 Å². The Labute approximate surface area is 170 Å². The molecule has 0 aliphatic rings. The molecular weight excluding hydrogens is 394 g/mol. The van der Waals surface area contributed by atoms with Crippen LogP contribution in [0.15, 0.2) is 53.4 Å². The number of Topliss-reactive ketones (excluding diaryl/α,β-unsaturated/α-hetero) is 1. The van der Waals surface area contributed by atoms with Crippen molar-refractivity contribution in [2.75, 3.05) is 11.1 Å². The van der Waals surface area contributed by atoms with Crippen molar-refractivity contribution < 1.29 is 27.5 Å². The zero-order valence-electron chi connectivity index (χ0n) is 16.5. The molecule has 0 aliphatic heterocycles. The van der Waals surface area contributed by atoms with Crippen molar-refractivity contribution in [2.45, 2.75) is 38.2 Å². The maximum absolute atomic E-state index is 12.4. The fourth-order valence-corrected chi connectivity index (χ4v) is 3.77. The molecule has 2 aromatic carbocycles. The maximum atomic E-state index is 12.4. The van der Waals surface area contributed by atoms with Gasteiger partial charge in [-0.15, -0.1) is 0 Å². The molecule has 1 atom stereocenters. The van der Waals surface area contributed by atoms with Crippen molar-refractivity contribution in [3.8, 4) is 0 Å². The number of sulfone groups is 1. The first-order valence-electron chi connectivity index (χ1n) is 8.99. The number of esters is 1. The lowest BCUT2D eigenvalue weighted by Crippen LogP contribution is -2.25. The normalized spacial score (nSPS) is 12.1. The van der Waals surface area contributed by atoms with Crippen LogP contribution < -0.4 is 5.32 Å². The van der Waals surface area contributed by atoms with E-state index in [0.717, 1.165) is 5.56 Å². The van der Waals surface area contributed by atoms with Gasteiger partial charge in [0.25, 0.3) is 0 Å². The Kier molecular flexibility index (Phi) is 7.28.